The molecule has 1 aromatic rings. The summed E-state index contributed by atoms with van der Waals surface area (Å²) in [5.41, 5.74) is 0.714. The van der Waals surface area contributed by atoms with E-state index in [1.165, 1.54) is 14.2 Å². The van der Waals surface area contributed by atoms with E-state index in [4.69, 9.17) is 18.9 Å². The van der Waals surface area contributed by atoms with Gasteiger partial charge in [-0.2, -0.15) is 0 Å². The molecule has 0 aromatic heterocycles. The molecular weight excluding hydrogens is 288 g/mol. The van der Waals surface area contributed by atoms with Gasteiger partial charge in [0.2, 0.25) is 5.75 Å². The highest BCUT2D eigenvalue weighted by Crippen LogP contribution is 2.49. The zero-order valence-corrected chi connectivity index (χ0v) is 12.9. The molecule has 1 fully saturated rings. The summed E-state index contributed by atoms with van der Waals surface area (Å²) in [4.78, 5) is 12.2. The molecule has 1 N–H and O–H groups in total. The lowest BCUT2D eigenvalue weighted by Gasteiger charge is -2.28. The molecule has 0 radical (unpaired) electrons. The lowest BCUT2D eigenvalue weighted by Crippen LogP contribution is -2.29. The number of carbonyl (C=O) groups is 1. The van der Waals surface area contributed by atoms with Gasteiger partial charge < -0.3 is 24.1 Å². The van der Waals surface area contributed by atoms with Crippen LogP contribution in [-0.4, -0.2) is 37.5 Å². The zero-order valence-electron chi connectivity index (χ0n) is 12.9. The van der Waals surface area contributed by atoms with Crippen LogP contribution in [0.3, 0.4) is 0 Å². The van der Waals surface area contributed by atoms with Crippen molar-refractivity contribution in [1.29, 1.82) is 0 Å². The molecule has 3 atom stereocenters. The van der Waals surface area contributed by atoms with Crippen molar-refractivity contribution < 1.29 is 28.8 Å². The quantitative estimate of drug-likeness (QED) is 0.862. The summed E-state index contributed by atoms with van der Waals surface area (Å²) >= 11 is 0. The predicted molar refractivity (Wildman–Crippen MR) is 77.6 cm³/mol. The summed E-state index contributed by atoms with van der Waals surface area (Å²) in [7, 11) is 2.89. The summed E-state index contributed by atoms with van der Waals surface area (Å²) in [6.45, 7) is 2.09. The molecular formula is C16H20O6. The Kier molecular flexibility index (Phi) is 3.87. The van der Waals surface area contributed by atoms with Crippen molar-refractivity contribution in [3.8, 4) is 17.2 Å². The number of fused-ring (bicyclic) bond motifs is 3. The zero-order chi connectivity index (χ0) is 15.9. The highest BCUT2D eigenvalue weighted by Gasteiger charge is 2.46. The van der Waals surface area contributed by atoms with E-state index < -0.39 is 5.97 Å². The van der Waals surface area contributed by atoms with Crippen molar-refractivity contribution >= 4 is 5.97 Å². The Labute approximate surface area is 128 Å². The van der Waals surface area contributed by atoms with E-state index in [1.54, 1.807) is 6.07 Å². The van der Waals surface area contributed by atoms with Crippen molar-refractivity contribution in [2.45, 2.75) is 44.5 Å². The summed E-state index contributed by atoms with van der Waals surface area (Å²) in [5, 5.41) is 10.3. The molecule has 1 aromatic carbocycles. The highest BCUT2D eigenvalue weighted by atomic mass is 16.6. The summed E-state index contributed by atoms with van der Waals surface area (Å²) in [5.74, 6) is -0.312. The molecule has 22 heavy (non-hydrogen) atoms. The SMILES string of the molecule is CCC[C@H]1CC2OC(=O)c3c(cc(OC)c(OC)c3O)C2O1. The molecule has 0 saturated carbocycles. The van der Waals surface area contributed by atoms with Gasteiger partial charge in [0.05, 0.1) is 20.3 Å². The van der Waals surface area contributed by atoms with Crippen LogP contribution >= 0.6 is 0 Å². The first-order valence-electron chi connectivity index (χ1n) is 7.44. The van der Waals surface area contributed by atoms with Gasteiger partial charge in [0, 0.05) is 12.0 Å². The van der Waals surface area contributed by atoms with Crippen molar-refractivity contribution in [2.75, 3.05) is 14.2 Å². The van der Waals surface area contributed by atoms with E-state index in [-0.39, 0.29) is 35.4 Å². The third-order valence-corrected chi connectivity index (χ3v) is 4.23. The molecule has 0 spiro atoms. The number of hydrogen-bond donors (Lipinski definition) is 1. The van der Waals surface area contributed by atoms with Gasteiger partial charge >= 0.3 is 5.97 Å². The van der Waals surface area contributed by atoms with Gasteiger partial charge in [0.25, 0.3) is 0 Å². The highest BCUT2D eigenvalue weighted by molar-refractivity contribution is 5.97. The van der Waals surface area contributed by atoms with Gasteiger partial charge in [-0.05, 0) is 12.5 Å². The molecule has 6 nitrogen and oxygen atoms in total. The number of aromatic hydroxyl groups is 1. The van der Waals surface area contributed by atoms with Gasteiger partial charge in [-0.15, -0.1) is 0 Å². The Bertz CT molecular complexity index is 597. The minimum Gasteiger partial charge on any atom is -0.504 e. The van der Waals surface area contributed by atoms with Crippen LogP contribution in [0.4, 0.5) is 0 Å². The Morgan fingerprint density at radius 3 is 2.77 bits per heavy atom. The number of hydrogen-bond acceptors (Lipinski definition) is 6. The van der Waals surface area contributed by atoms with Gasteiger partial charge in [-0.1, -0.05) is 13.3 Å². The molecule has 2 unspecified atom stereocenters. The van der Waals surface area contributed by atoms with Gasteiger partial charge in [-0.3, -0.25) is 0 Å². The number of carbonyl (C=O) groups excluding carboxylic acids is 1. The Hall–Kier alpha value is -1.95. The molecule has 0 aliphatic carbocycles. The normalized spacial score (nSPS) is 26.1. The molecule has 120 valence electrons. The molecule has 2 heterocycles. The first-order valence-corrected chi connectivity index (χ1v) is 7.44. The van der Waals surface area contributed by atoms with Crippen LogP contribution in [0.15, 0.2) is 6.07 Å². The van der Waals surface area contributed by atoms with E-state index in [2.05, 4.69) is 6.92 Å². The van der Waals surface area contributed by atoms with Gasteiger partial charge in [-0.25, -0.2) is 4.79 Å². The number of phenols is 1. The number of rotatable bonds is 4. The van der Waals surface area contributed by atoms with Crippen molar-refractivity contribution in [3.63, 3.8) is 0 Å². The van der Waals surface area contributed by atoms with Crippen LogP contribution in [0.1, 0.15) is 48.2 Å². The van der Waals surface area contributed by atoms with E-state index >= 15 is 0 Å². The van der Waals surface area contributed by atoms with Crippen molar-refractivity contribution in [2.24, 2.45) is 0 Å². The van der Waals surface area contributed by atoms with Gasteiger partial charge in [0.1, 0.15) is 17.8 Å². The van der Waals surface area contributed by atoms with E-state index in [1.807, 2.05) is 0 Å². The molecule has 2 aliphatic heterocycles. The fraction of sp³-hybridized carbons (Fsp3) is 0.562. The topological polar surface area (TPSA) is 74.2 Å². The number of methoxy groups -OCH3 is 2. The fourth-order valence-corrected chi connectivity index (χ4v) is 3.25. The third kappa shape index (κ3) is 2.18. The first kappa shape index (κ1) is 15.0. The Morgan fingerprint density at radius 1 is 1.36 bits per heavy atom. The second-order valence-corrected chi connectivity index (χ2v) is 5.57. The van der Waals surface area contributed by atoms with E-state index in [9.17, 15) is 9.90 Å². The molecule has 0 bridgehead atoms. The average Bonchev–Trinajstić information content (AvgIpc) is 2.89. The second-order valence-electron chi connectivity index (χ2n) is 5.57. The molecule has 3 rings (SSSR count). The minimum atomic E-state index is -0.546. The number of esters is 1. The predicted octanol–water partition coefficient (Wildman–Crippen LogP) is 2.58. The maximum absolute atomic E-state index is 12.2. The first-order chi connectivity index (χ1) is 10.6. The second kappa shape index (κ2) is 5.68. The number of phenolic OH excluding ortho intramolecular Hbond substituents is 1. The maximum Gasteiger partial charge on any atom is 0.342 e. The van der Waals surface area contributed by atoms with E-state index in [0.717, 1.165) is 12.8 Å². The van der Waals surface area contributed by atoms with Crippen LogP contribution in [0, 0.1) is 0 Å². The number of benzene rings is 1. The van der Waals surface area contributed by atoms with Crippen LogP contribution < -0.4 is 9.47 Å². The number of ether oxygens (including phenoxy) is 4. The van der Waals surface area contributed by atoms with Crippen LogP contribution in [0.2, 0.25) is 0 Å². The summed E-state index contributed by atoms with van der Waals surface area (Å²) in [6, 6.07) is 1.69. The molecule has 0 amide bonds. The maximum atomic E-state index is 12.2. The Morgan fingerprint density at radius 2 is 2.14 bits per heavy atom. The average molecular weight is 308 g/mol. The van der Waals surface area contributed by atoms with Crippen molar-refractivity contribution in [1.82, 2.24) is 0 Å². The lowest BCUT2D eigenvalue weighted by molar-refractivity contribution is -0.0235. The standard InChI is InChI=1S/C16H20O6/c1-4-5-8-6-11-14(21-8)9-7-10(19-2)15(20-3)13(17)12(9)16(18)22-11/h7-8,11,14,17H,4-6H2,1-3H3/t8-,11?,14?/m0/s1. The lowest BCUT2D eigenvalue weighted by atomic mass is 9.93. The van der Waals surface area contributed by atoms with Crippen LogP contribution in [0.25, 0.3) is 0 Å². The van der Waals surface area contributed by atoms with E-state index in [0.29, 0.717) is 17.7 Å². The third-order valence-electron chi connectivity index (χ3n) is 4.23. The summed E-state index contributed by atoms with van der Waals surface area (Å²) < 4.78 is 21.8. The smallest absolute Gasteiger partial charge is 0.342 e. The fourth-order valence-electron chi connectivity index (χ4n) is 3.25. The van der Waals surface area contributed by atoms with Crippen LogP contribution in [0.5, 0.6) is 17.2 Å². The summed E-state index contributed by atoms with van der Waals surface area (Å²) in [6.07, 6.45) is 1.98. The van der Waals surface area contributed by atoms with Gasteiger partial charge in [0.15, 0.2) is 11.5 Å². The largest absolute Gasteiger partial charge is 0.504 e. The van der Waals surface area contributed by atoms with Crippen LogP contribution in [-0.2, 0) is 9.47 Å². The molecule has 1 saturated heterocycles. The molecule has 2 aliphatic rings. The Balaban J connectivity index is 2.07. The molecule has 6 heteroatoms. The minimum absolute atomic E-state index is 0.0639. The van der Waals surface area contributed by atoms with Crippen molar-refractivity contribution in [3.05, 3.63) is 17.2 Å². The monoisotopic (exact) mass is 308 g/mol.